The molecule has 3 aromatic heterocycles. The zero-order chi connectivity index (χ0) is 24.5. The van der Waals surface area contributed by atoms with Gasteiger partial charge in [-0.3, -0.25) is 4.79 Å². The van der Waals surface area contributed by atoms with Crippen molar-refractivity contribution >= 4 is 39.2 Å². The minimum absolute atomic E-state index is 0.0217. The van der Waals surface area contributed by atoms with Crippen LogP contribution in [0.15, 0.2) is 24.3 Å². The fraction of sp³-hybridized carbons (Fsp3) is 0.435. The number of ether oxygens (including phenoxy) is 1. The topological polar surface area (TPSA) is 94.1 Å². The Morgan fingerprint density at radius 1 is 1.15 bits per heavy atom. The molecule has 0 radical (unpaired) electrons. The maximum absolute atomic E-state index is 13.0. The van der Waals surface area contributed by atoms with E-state index in [1.807, 2.05) is 0 Å². The van der Waals surface area contributed by atoms with Crippen LogP contribution in [0.2, 0.25) is 0 Å². The smallest absolute Gasteiger partial charge is 0.433 e. The number of nitrogens with one attached hydrogen (secondary N) is 1. The second-order valence-electron chi connectivity index (χ2n) is 8.24. The highest BCUT2D eigenvalue weighted by atomic mass is 32.1. The number of nitrogens with zero attached hydrogens (tertiary/aromatic N) is 3. The summed E-state index contributed by atoms with van der Waals surface area (Å²) in [4.78, 5) is 37.3. The van der Waals surface area contributed by atoms with Gasteiger partial charge in [-0.2, -0.15) is 13.2 Å². The molecule has 7 nitrogen and oxygen atoms in total. The first-order valence-electron chi connectivity index (χ1n) is 10.9. The molecule has 180 valence electrons. The Morgan fingerprint density at radius 3 is 2.53 bits per heavy atom. The highest BCUT2D eigenvalue weighted by Crippen LogP contribution is 2.40. The van der Waals surface area contributed by atoms with Crippen molar-refractivity contribution in [2.75, 3.05) is 12.4 Å². The van der Waals surface area contributed by atoms with E-state index in [2.05, 4.69) is 27.2 Å². The van der Waals surface area contributed by atoms with Crippen molar-refractivity contribution in [3.8, 4) is 0 Å². The number of methoxy groups -OCH3 is 1. The molecule has 11 heteroatoms. The monoisotopic (exact) mass is 492 g/mol. The summed E-state index contributed by atoms with van der Waals surface area (Å²) in [6.07, 6.45) is 0.829. The molecule has 0 aromatic carbocycles. The number of carbonyl (C=O) groups excluding carboxylic acids is 2. The predicted octanol–water partition coefficient (Wildman–Crippen LogP) is 5.83. The minimum Gasteiger partial charge on any atom is -0.464 e. The van der Waals surface area contributed by atoms with Crippen molar-refractivity contribution in [3.63, 3.8) is 0 Å². The summed E-state index contributed by atoms with van der Waals surface area (Å²) in [7, 11) is 1.17. The van der Waals surface area contributed by atoms with E-state index in [1.54, 1.807) is 6.07 Å². The number of fused-ring (bicyclic) bond motifs is 1. The molecule has 4 rings (SSSR count). The summed E-state index contributed by atoms with van der Waals surface area (Å²) >= 11 is 1.44. The molecular weight excluding hydrogens is 469 g/mol. The van der Waals surface area contributed by atoms with E-state index in [-0.39, 0.29) is 11.4 Å². The van der Waals surface area contributed by atoms with Crippen molar-refractivity contribution < 1.29 is 27.5 Å². The Labute approximate surface area is 197 Å². The number of amides is 1. The van der Waals surface area contributed by atoms with Gasteiger partial charge in [-0.25, -0.2) is 19.7 Å². The van der Waals surface area contributed by atoms with E-state index >= 15 is 0 Å². The molecule has 1 amide bonds. The van der Waals surface area contributed by atoms with Gasteiger partial charge in [0.05, 0.1) is 22.5 Å². The zero-order valence-corrected chi connectivity index (χ0v) is 19.4. The van der Waals surface area contributed by atoms with Crippen LogP contribution >= 0.6 is 11.3 Å². The van der Waals surface area contributed by atoms with Gasteiger partial charge >= 0.3 is 12.1 Å². The molecule has 1 aliphatic rings. The summed E-state index contributed by atoms with van der Waals surface area (Å²) < 4.78 is 44.4. The lowest BCUT2D eigenvalue weighted by molar-refractivity contribution is -0.141. The molecule has 3 aromatic rings. The molecule has 0 atom stereocenters. The number of hydrogen-bond acceptors (Lipinski definition) is 7. The van der Waals surface area contributed by atoms with Gasteiger partial charge < -0.3 is 10.1 Å². The largest absolute Gasteiger partial charge is 0.464 e. The van der Waals surface area contributed by atoms with Gasteiger partial charge in [0, 0.05) is 5.92 Å². The number of hydrogen-bond donors (Lipinski definition) is 1. The van der Waals surface area contributed by atoms with E-state index in [0.717, 1.165) is 54.8 Å². The molecule has 3 heterocycles. The molecule has 1 aliphatic carbocycles. The third-order valence-corrected chi connectivity index (χ3v) is 7.23. The molecule has 0 unspecified atom stereocenters. The lowest BCUT2D eigenvalue weighted by Crippen LogP contribution is -2.19. The van der Waals surface area contributed by atoms with Crippen LogP contribution in [0.4, 0.5) is 18.9 Å². The van der Waals surface area contributed by atoms with Crippen molar-refractivity contribution in [1.29, 1.82) is 0 Å². The van der Waals surface area contributed by atoms with Gasteiger partial charge in [-0.05, 0) is 49.8 Å². The number of aromatic nitrogens is 3. The molecule has 1 saturated carbocycles. The van der Waals surface area contributed by atoms with Gasteiger partial charge in [-0.1, -0.05) is 19.4 Å². The summed E-state index contributed by atoms with van der Waals surface area (Å²) in [5, 5.41) is 3.39. The second-order valence-corrected chi connectivity index (χ2v) is 9.30. The van der Waals surface area contributed by atoms with Crippen LogP contribution in [0.5, 0.6) is 0 Å². The second kappa shape index (κ2) is 9.65. The van der Waals surface area contributed by atoms with Crippen molar-refractivity contribution in [2.24, 2.45) is 5.92 Å². The van der Waals surface area contributed by atoms with Crippen LogP contribution in [-0.2, 0) is 10.9 Å². The number of alkyl halides is 3. The zero-order valence-electron chi connectivity index (χ0n) is 18.6. The minimum atomic E-state index is -4.69. The molecular formula is C23H23F3N4O3S. The molecule has 34 heavy (non-hydrogen) atoms. The SMILES string of the molecule is CC[C@H]1CC[C@H](c2nc3nc(C(=O)OC)c(NC(=O)c4cccc(C(F)(F)F)n4)cc3s2)CC1. The lowest BCUT2D eigenvalue weighted by atomic mass is 9.81. The Bertz CT molecular complexity index is 1220. The lowest BCUT2D eigenvalue weighted by Gasteiger charge is -2.26. The fourth-order valence-electron chi connectivity index (χ4n) is 4.13. The highest BCUT2D eigenvalue weighted by molar-refractivity contribution is 7.18. The Kier molecular flexibility index (Phi) is 6.83. The molecule has 1 fully saturated rings. The van der Waals surface area contributed by atoms with Crippen LogP contribution in [0.25, 0.3) is 10.3 Å². The van der Waals surface area contributed by atoms with Crippen LogP contribution in [-0.4, -0.2) is 33.9 Å². The number of pyridine rings is 2. The number of halogens is 3. The van der Waals surface area contributed by atoms with E-state index in [4.69, 9.17) is 4.74 Å². The number of anilines is 1. The van der Waals surface area contributed by atoms with Crippen LogP contribution in [0.1, 0.15) is 76.6 Å². The van der Waals surface area contributed by atoms with Crippen molar-refractivity contribution in [1.82, 2.24) is 15.0 Å². The summed E-state index contributed by atoms with van der Waals surface area (Å²) in [5.74, 6) is -0.649. The van der Waals surface area contributed by atoms with Crippen molar-refractivity contribution in [3.05, 3.63) is 46.4 Å². The third kappa shape index (κ3) is 5.03. The Hall–Kier alpha value is -3.08. The first kappa shape index (κ1) is 24.1. The first-order valence-corrected chi connectivity index (χ1v) is 11.8. The van der Waals surface area contributed by atoms with E-state index in [0.29, 0.717) is 16.3 Å². The molecule has 0 aliphatic heterocycles. The number of rotatable bonds is 5. The van der Waals surface area contributed by atoms with Crippen LogP contribution in [0, 0.1) is 5.92 Å². The van der Waals surface area contributed by atoms with Gasteiger partial charge in [0.15, 0.2) is 11.3 Å². The van der Waals surface area contributed by atoms with Gasteiger partial charge in [0.1, 0.15) is 11.4 Å². The standard InChI is InChI=1S/C23H23F3N4O3S/c1-3-12-7-9-13(10-8-12)21-30-19-16(34-21)11-15(18(29-19)22(32)33-2)28-20(31)14-5-4-6-17(27-14)23(24,25)26/h4-6,11-13H,3,7-10H2,1-2H3,(H,28,31)/t12-,13-. The van der Waals surface area contributed by atoms with E-state index in [1.165, 1.54) is 24.9 Å². The number of esters is 1. The predicted molar refractivity (Wildman–Crippen MR) is 121 cm³/mol. The summed E-state index contributed by atoms with van der Waals surface area (Å²) in [6.45, 7) is 2.20. The third-order valence-electron chi connectivity index (χ3n) is 6.07. The number of thiazole rings is 1. The van der Waals surface area contributed by atoms with Crippen molar-refractivity contribution in [2.45, 2.75) is 51.1 Å². The van der Waals surface area contributed by atoms with Gasteiger partial charge in [0.25, 0.3) is 5.91 Å². The maximum Gasteiger partial charge on any atom is 0.433 e. The Balaban J connectivity index is 1.65. The molecule has 0 bridgehead atoms. The Morgan fingerprint density at radius 2 is 1.88 bits per heavy atom. The average molecular weight is 493 g/mol. The van der Waals surface area contributed by atoms with E-state index < -0.39 is 29.4 Å². The average Bonchev–Trinajstić information content (AvgIpc) is 3.25. The van der Waals surface area contributed by atoms with Gasteiger partial charge in [-0.15, -0.1) is 11.3 Å². The van der Waals surface area contributed by atoms with E-state index in [9.17, 15) is 22.8 Å². The normalized spacial score (nSPS) is 18.6. The maximum atomic E-state index is 13.0. The first-order chi connectivity index (χ1) is 16.2. The quantitative estimate of drug-likeness (QED) is 0.451. The number of carbonyl (C=O) groups is 2. The molecule has 1 N–H and O–H groups in total. The van der Waals surface area contributed by atoms with Crippen LogP contribution in [0.3, 0.4) is 0 Å². The fourth-order valence-corrected chi connectivity index (χ4v) is 5.24. The molecule has 0 spiro atoms. The summed E-state index contributed by atoms with van der Waals surface area (Å²) in [5.41, 5.74) is -1.42. The summed E-state index contributed by atoms with van der Waals surface area (Å²) in [6, 6.07) is 4.58. The van der Waals surface area contributed by atoms with Gasteiger partial charge in [0.2, 0.25) is 0 Å². The molecule has 0 saturated heterocycles. The highest BCUT2D eigenvalue weighted by Gasteiger charge is 2.33. The van der Waals surface area contributed by atoms with Crippen LogP contribution < -0.4 is 5.32 Å².